The van der Waals surface area contributed by atoms with Gasteiger partial charge in [-0.15, -0.1) is 0 Å². The molecule has 0 aromatic rings. The first-order valence-corrected chi connectivity index (χ1v) is 5.06. The van der Waals surface area contributed by atoms with E-state index in [1.807, 2.05) is 0 Å². The molecule has 2 saturated carbocycles. The maximum absolute atomic E-state index is 11.6. The Morgan fingerprint density at radius 1 is 1.08 bits per heavy atom. The van der Waals surface area contributed by atoms with E-state index in [2.05, 4.69) is 0 Å². The van der Waals surface area contributed by atoms with Crippen LogP contribution in [0.5, 0.6) is 0 Å². The first kappa shape index (κ1) is 7.94. The summed E-state index contributed by atoms with van der Waals surface area (Å²) < 4.78 is 11.3. The van der Waals surface area contributed by atoms with Crippen LogP contribution in [0.1, 0.15) is 32.1 Å². The van der Waals surface area contributed by atoms with Crippen LogP contribution in [0.4, 0.5) is 0 Å². The van der Waals surface area contributed by atoms with E-state index in [1.165, 1.54) is 0 Å². The minimum absolute atomic E-state index is 0.0252. The molecule has 0 unspecified atom stereocenters. The Hall–Kier alpha value is -0.410. The van der Waals surface area contributed by atoms with Gasteiger partial charge >= 0.3 is 0 Å². The molecule has 1 heterocycles. The molecule has 3 fully saturated rings. The number of carbonyl (C=O) groups excluding carboxylic acids is 1. The predicted octanol–water partition coefficient (Wildman–Crippen LogP) is 1.26. The van der Waals surface area contributed by atoms with Crippen molar-refractivity contribution in [2.75, 3.05) is 13.2 Å². The van der Waals surface area contributed by atoms with E-state index in [0.29, 0.717) is 25.4 Å². The first-order valence-electron chi connectivity index (χ1n) is 5.06. The minimum atomic E-state index is -0.371. The van der Waals surface area contributed by atoms with E-state index in [-0.39, 0.29) is 11.2 Å². The van der Waals surface area contributed by atoms with Crippen LogP contribution in [0.2, 0.25) is 0 Å². The summed E-state index contributed by atoms with van der Waals surface area (Å²) in [6.45, 7) is 1.40. The molecule has 2 aliphatic carbocycles. The number of rotatable bonds is 0. The van der Waals surface area contributed by atoms with Gasteiger partial charge in [-0.1, -0.05) is 0 Å². The van der Waals surface area contributed by atoms with Crippen molar-refractivity contribution in [1.82, 2.24) is 0 Å². The average Bonchev–Trinajstić information content (AvgIpc) is 2.74. The minimum Gasteiger partial charge on any atom is -0.347 e. The summed E-state index contributed by atoms with van der Waals surface area (Å²) in [5, 5.41) is 0. The molecule has 3 aliphatic rings. The summed E-state index contributed by atoms with van der Waals surface area (Å²) in [7, 11) is 0. The second-order valence-corrected chi connectivity index (χ2v) is 4.49. The Morgan fingerprint density at radius 3 is 2.38 bits per heavy atom. The van der Waals surface area contributed by atoms with E-state index >= 15 is 0 Å². The largest absolute Gasteiger partial charge is 0.347 e. The first-order chi connectivity index (χ1) is 6.25. The highest BCUT2D eigenvalue weighted by atomic mass is 16.7. The summed E-state index contributed by atoms with van der Waals surface area (Å²) in [6, 6.07) is 0. The molecule has 3 heteroatoms. The third kappa shape index (κ3) is 1.07. The van der Waals surface area contributed by atoms with Crippen LogP contribution in [-0.4, -0.2) is 24.8 Å². The van der Waals surface area contributed by atoms with Gasteiger partial charge in [0.05, 0.1) is 13.2 Å². The number of ether oxygens (including phenoxy) is 2. The van der Waals surface area contributed by atoms with Crippen LogP contribution in [0.25, 0.3) is 0 Å². The van der Waals surface area contributed by atoms with E-state index in [0.717, 1.165) is 25.7 Å². The van der Waals surface area contributed by atoms with E-state index in [1.54, 1.807) is 0 Å². The monoisotopic (exact) mass is 182 g/mol. The third-order valence-corrected chi connectivity index (χ3v) is 3.60. The van der Waals surface area contributed by atoms with Crippen LogP contribution in [0.3, 0.4) is 0 Å². The smallest absolute Gasteiger partial charge is 0.169 e. The summed E-state index contributed by atoms with van der Waals surface area (Å²) in [4.78, 5) is 11.6. The molecule has 1 aliphatic heterocycles. The topological polar surface area (TPSA) is 35.5 Å². The molecule has 2 spiro atoms. The van der Waals surface area contributed by atoms with Crippen molar-refractivity contribution >= 4 is 5.78 Å². The lowest BCUT2D eigenvalue weighted by molar-refractivity contribution is -0.192. The van der Waals surface area contributed by atoms with Crippen molar-refractivity contribution in [1.29, 1.82) is 0 Å². The van der Waals surface area contributed by atoms with Gasteiger partial charge in [0, 0.05) is 24.7 Å². The predicted molar refractivity (Wildman–Crippen MR) is 45.2 cm³/mol. The molecular weight excluding hydrogens is 168 g/mol. The highest BCUT2D eigenvalue weighted by Gasteiger charge is 2.59. The Morgan fingerprint density at radius 2 is 1.77 bits per heavy atom. The second kappa shape index (κ2) is 2.34. The number of carbonyl (C=O) groups is 1. The summed E-state index contributed by atoms with van der Waals surface area (Å²) >= 11 is 0. The van der Waals surface area contributed by atoms with E-state index in [4.69, 9.17) is 9.47 Å². The zero-order chi connectivity index (χ0) is 8.94. The van der Waals surface area contributed by atoms with E-state index < -0.39 is 0 Å². The molecule has 3 nitrogen and oxygen atoms in total. The highest BCUT2D eigenvalue weighted by Crippen LogP contribution is 2.58. The molecule has 72 valence electrons. The van der Waals surface area contributed by atoms with Crippen molar-refractivity contribution in [2.24, 2.45) is 5.41 Å². The fraction of sp³-hybridized carbons (Fsp3) is 0.900. The average molecular weight is 182 g/mol. The summed E-state index contributed by atoms with van der Waals surface area (Å²) in [6.07, 6.45) is 4.35. The van der Waals surface area contributed by atoms with Gasteiger partial charge in [-0.2, -0.15) is 0 Å². The highest BCUT2D eigenvalue weighted by molar-refractivity contribution is 5.88. The zero-order valence-corrected chi connectivity index (χ0v) is 7.67. The van der Waals surface area contributed by atoms with Gasteiger partial charge in [0.25, 0.3) is 0 Å². The van der Waals surface area contributed by atoms with Gasteiger partial charge in [-0.05, 0) is 12.8 Å². The Bertz CT molecular complexity index is 249. The quantitative estimate of drug-likeness (QED) is 0.565. The Balaban J connectivity index is 1.83. The lowest BCUT2D eigenvalue weighted by Gasteiger charge is -2.35. The fourth-order valence-electron chi connectivity index (χ4n) is 2.62. The normalized spacial score (nSPS) is 34.3. The Kier molecular flexibility index (Phi) is 1.43. The van der Waals surface area contributed by atoms with Crippen molar-refractivity contribution < 1.29 is 14.3 Å². The van der Waals surface area contributed by atoms with Gasteiger partial charge in [-0.3, -0.25) is 4.79 Å². The van der Waals surface area contributed by atoms with Crippen molar-refractivity contribution in [3.63, 3.8) is 0 Å². The van der Waals surface area contributed by atoms with Crippen molar-refractivity contribution in [2.45, 2.75) is 37.9 Å². The van der Waals surface area contributed by atoms with Gasteiger partial charge in [0.2, 0.25) is 0 Å². The standard InChI is InChI=1S/C10H14O3/c11-8-1-2-10(12-5-6-13-10)7-9(8)3-4-9/h1-7H2. The molecule has 0 aromatic carbocycles. The number of Topliss-reactive ketones (excluding diaryl/α,β-unsaturated/α-hetero) is 1. The SMILES string of the molecule is O=C1CCC2(CC13CC3)OCCO2. The van der Waals surface area contributed by atoms with Gasteiger partial charge in [0.1, 0.15) is 5.78 Å². The van der Waals surface area contributed by atoms with Gasteiger partial charge in [-0.25, -0.2) is 0 Å². The van der Waals surface area contributed by atoms with Crippen molar-refractivity contribution in [3.8, 4) is 0 Å². The van der Waals surface area contributed by atoms with E-state index in [9.17, 15) is 4.79 Å². The second-order valence-electron chi connectivity index (χ2n) is 4.49. The lowest BCUT2D eigenvalue weighted by atomic mass is 9.81. The molecule has 13 heavy (non-hydrogen) atoms. The summed E-state index contributed by atoms with van der Waals surface area (Å²) in [5.41, 5.74) is -0.0252. The molecule has 0 N–H and O–H groups in total. The van der Waals surface area contributed by atoms with Gasteiger partial charge < -0.3 is 9.47 Å². The lowest BCUT2D eigenvalue weighted by Crippen LogP contribution is -2.41. The number of hydrogen-bond acceptors (Lipinski definition) is 3. The Labute approximate surface area is 77.4 Å². The molecule has 3 rings (SSSR count). The molecule has 1 saturated heterocycles. The summed E-state index contributed by atoms with van der Waals surface area (Å²) in [5.74, 6) is 0.0713. The molecule has 0 amide bonds. The van der Waals surface area contributed by atoms with Crippen molar-refractivity contribution in [3.05, 3.63) is 0 Å². The molecule has 0 radical (unpaired) electrons. The molecule has 0 atom stereocenters. The number of ketones is 1. The van der Waals surface area contributed by atoms with Crippen LogP contribution in [-0.2, 0) is 14.3 Å². The van der Waals surface area contributed by atoms with Gasteiger partial charge in [0.15, 0.2) is 5.79 Å². The molecule has 0 bridgehead atoms. The number of hydrogen-bond donors (Lipinski definition) is 0. The maximum atomic E-state index is 11.6. The van der Waals surface area contributed by atoms with Crippen LogP contribution < -0.4 is 0 Å². The van der Waals surface area contributed by atoms with Crippen LogP contribution >= 0.6 is 0 Å². The zero-order valence-electron chi connectivity index (χ0n) is 7.67. The fourth-order valence-corrected chi connectivity index (χ4v) is 2.62. The molecule has 0 aromatic heterocycles. The van der Waals surface area contributed by atoms with Crippen LogP contribution in [0.15, 0.2) is 0 Å². The third-order valence-electron chi connectivity index (χ3n) is 3.60. The maximum Gasteiger partial charge on any atom is 0.169 e. The van der Waals surface area contributed by atoms with Crippen LogP contribution in [0, 0.1) is 5.41 Å². The molecular formula is C10H14O3.